The zero-order valence-corrected chi connectivity index (χ0v) is 16.8. The topological polar surface area (TPSA) is 51.0 Å². The summed E-state index contributed by atoms with van der Waals surface area (Å²) in [4.78, 5) is 19.8. The number of aromatic nitrogens is 3. The van der Waals surface area contributed by atoms with Crippen LogP contribution in [0.4, 0.5) is 5.13 Å². The number of carbonyl (C=O) groups excluding carboxylic acids is 1. The van der Waals surface area contributed by atoms with Crippen molar-refractivity contribution in [2.24, 2.45) is 0 Å². The Morgan fingerprint density at radius 2 is 1.96 bits per heavy atom. The largest absolute Gasteiger partial charge is 0.286 e. The second-order valence-electron chi connectivity index (χ2n) is 6.90. The van der Waals surface area contributed by atoms with Crippen molar-refractivity contribution in [1.82, 2.24) is 14.8 Å². The molecule has 0 fully saturated rings. The van der Waals surface area contributed by atoms with Gasteiger partial charge in [0.1, 0.15) is 0 Å². The van der Waals surface area contributed by atoms with E-state index in [4.69, 9.17) is 4.98 Å². The summed E-state index contributed by atoms with van der Waals surface area (Å²) >= 11 is 1.57. The van der Waals surface area contributed by atoms with E-state index >= 15 is 0 Å². The summed E-state index contributed by atoms with van der Waals surface area (Å²) in [5.74, 6) is 0.0480. The Hall–Kier alpha value is -2.99. The lowest BCUT2D eigenvalue weighted by molar-refractivity contribution is -0.118. The maximum atomic E-state index is 13.2. The molecule has 4 aromatic rings. The summed E-state index contributed by atoms with van der Waals surface area (Å²) in [6.45, 7) is 5.31. The molecule has 5 nitrogen and oxygen atoms in total. The van der Waals surface area contributed by atoms with Crippen molar-refractivity contribution in [3.63, 3.8) is 0 Å². The number of rotatable bonds is 6. The second kappa shape index (κ2) is 7.94. The first kappa shape index (κ1) is 18.4. The molecule has 0 radical (unpaired) electrons. The monoisotopic (exact) mass is 390 g/mol. The molecular weight excluding hydrogens is 368 g/mol. The SMILES string of the molecule is Cc1cc(C)c2nc(N(CCn3cccn3)C(=O)Cc3ccccc3)sc2c1. The van der Waals surface area contributed by atoms with E-state index in [9.17, 15) is 4.79 Å². The summed E-state index contributed by atoms with van der Waals surface area (Å²) in [6, 6.07) is 16.0. The van der Waals surface area contributed by atoms with Gasteiger partial charge in [-0.2, -0.15) is 5.10 Å². The van der Waals surface area contributed by atoms with Gasteiger partial charge in [-0.3, -0.25) is 14.4 Å². The van der Waals surface area contributed by atoms with E-state index in [0.29, 0.717) is 19.5 Å². The van der Waals surface area contributed by atoms with Crippen LogP contribution in [0, 0.1) is 13.8 Å². The highest BCUT2D eigenvalue weighted by atomic mass is 32.1. The minimum absolute atomic E-state index is 0.0480. The molecule has 0 aliphatic heterocycles. The molecule has 0 aliphatic rings. The third-order valence-corrected chi connectivity index (χ3v) is 5.69. The van der Waals surface area contributed by atoms with Crippen molar-refractivity contribution in [3.05, 3.63) is 77.6 Å². The number of benzene rings is 2. The Labute approximate surface area is 168 Å². The third-order valence-electron chi connectivity index (χ3n) is 4.66. The molecule has 0 saturated heterocycles. The van der Waals surface area contributed by atoms with Crippen LogP contribution in [0.15, 0.2) is 60.9 Å². The molecule has 2 aromatic carbocycles. The molecule has 6 heteroatoms. The maximum absolute atomic E-state index is 13.2. The predicted molar refractivity (Wildman–Crippen MR) is 114 cm³/mol. The molecule has 1 amide bonds. The van der Waals surface area contributed by atoms with Crippen molar-refractivity contribution >= 4 is 32.6 Å². The number of hydrogen-bond donors (Lipinski definition) is 0. The summed E-state index contributed by atoms with van der Waals surface area (Å²) < 4.78 is 2.95. The van der Waals surface area contributed by atoms with E-state index in [-0.39, 0.29) is 5.91 Å². The van der Waals surface area contributed by atoms with Crippen molar-refractivity contribution < 1.29 is 4.79 Å². The Balaban J connectivity index is 1.65. The fourth-order valence-corrected chi connectivity index (χ4v) is 4.49. The van der Waals surface area contributed by atoms with Gasteiger partial charge in [0, 0.05) is 18.9 Å². The minimum atomic E-state index is 0.0480. The summed E-state index contributed by atoms with van der Waals surface area (Å²) in [6.07, 6.45) is 4.01. The van der Waals surface area contributed by atoms with Gasteiger partial charge in [0.15, 0.2) is 5.13 Å². The number of amides is 1. The van der Waals surface area contributed by atoms with E-state index in [1.54, 1.807) is 22.4 Å². The van der Waals surface area contributed by atoms with Crippen molar-refractivity contribution in [3.8, 4) is 0 Å². The maximum Gasteiger partial charge on any atom is 0.233 e. The van der Waals surface area contributed by atoms with Crippen LogP contribution in [0.25, 0.3) is 10.2 Å². The quantitative estimate of drug-likeness (QED) is 0.491. The van der Waals surface area contributed by atoms with E-state index < -0.39 is 0 Å². The fourth-order valence-electron chi connectivity index (χ4n) is 3.30. The van der Waals surface area contributed by atoms with Crippen LogP contribution in [-0.2, 0) is 17.8 Å². The van der Waals surface area contributed by atoms with Gasteiger partial charge < -0.3 is 0 Å². The van der Waals surface area contributed by atoms with Gasteiger partial charge in [0.2, 0.25) is 5.91 Å². The molecule has 2 heterocycles. The van der Waals surface area contributed by atoms with E-state index in [2.05, 4.69) is 31.1 Å². The highest BCUT2D eigenvalue weighted by Gasteiger charge is 2.21. The first-order valence-electron chi connectivity index (χ1n) is 9.29. The lowest BCUT2D eigenvalue weighted by atomic mass is 10.1. The Morgan fingerprint density at radius 3 is 2.71 bits per heavy atom. The van der Waals surface area contributed by atoms with Crippen LogP contribution < -0.4 is 4.90 Å². The van der Waals surface area contributed by atoms with E-state index in [1.165, 1.54) is 5.56 Å². The minimum Gasteiger partial charge on any atom is -0.286 e. The first-order chi connectivity index (χ1) is 13.6. The standard InChI is InChI=1S/C22H22N4OS/c1-16-13-17(2)21-19(14-16)28-22(24-21)26(12-11-25-10-6-9-23-25)20(27)15-18-7-4-3-5-8-18/h3-10,13-14H,11-12,15H2,1-2H3. The smallest absolute Gasteiger partial charge is 0.233 e. The molecule has 0 atom stereocenters. The van der Waals surface area contributed by atoms with Gasteiger partial charge >= 0.3 is 0 Å². The molecule has 28 heavy (non-hydrogen) atoms. The van der Waals surface area contributed by atoms with Crippen LogP contribution in [0.2, 0.25) is 0 Å². The van der Waals surface area contributed by atoms with Gasteiger partial charge in [-0.25, -0.2) is 4.98 Å². The van der Waals surface area contributed by atoms with Gasteiger partial charge in [0.25, 0.3) is 0 Å². The van der Waals surface area contributed by atoms with Crippen molar-refractivity contribution in [1.29, 1.82) is 0 Å². The van der Waals surface area contributed by atoms with E-state index in [0.717, 1.165) is 26.5 Å². The summed E-state index contributed by atoms with van der Waals surface area (Å²) in [7, 11) is 0. The molecule has 142 valence electrons. The molecule has 2 aromatic heterocycles. The molecule has 0 aliphatic carbocycles. The average Bonchev–Trinajstić information content (AvgIpc) is 3.33. The fraction of sp³-hybridized carbons (Fsp3) is 0.227. The highest BCUT2D eigenvalue weighted by Crippen LogP contribution is 2.32. The number of fused-ring (bicyclic) bond motifs is 1. The Morgan fingerprint density at radius 1 is 1.14 bits per heavy atom. The second-order valence-corrected chi connectivity index (χ2v) is 7.91. The molecule has 0 unspecified atom stereocenters. The average molecular weight is 391 g/mol. The Bertz CT molecular complexity index is 1090. The van der Waals surface area contributed by atoms with Gasteiger partial charge in [-0.15, -0.1) is 0 Å². The zero-order valence-electron chi connectivity index (χ0n) is 16.0. The number of anilines is 1. The van der Waals surface area contributed by atoms with Crippen molar-refractivity contribution in [2.75, 3.05) is 11.4 Å². The van der Waals surface area contributed by atoms with Crippen LogP contribution in [0.1, 0.15) is 16.7 Å². The summed E-state index contributed by atoms with van der Waals surface area (Å²) in [5, 5.41) is 5.00. The zero-order chi connectivity index (χ0) is 19.5. The van der Waals surface area contributed by atoms with Gasteiger partial charge in [-0.1, -0.05) is 47.7 Å². The summed E-state index contributed by atoms with van der Waals surface area (Å²) in [5.41, 5.74) is 4.32. The molecular formula is C22H22N4OS. The van der Waals surface area contributed by atoms with Crippen LogP contribution in [0.3, 0.4) is 0 Å². The van der Waals surface area contributed by atoms with Crippen molar-refractivity contribution in [2.45, 2.75) is 26.8 Å². The molecule has 0 bridgehead atoms. The van der Waals surface area contributed by atoms with Crippen LogP contribution in [0.5, 0.6) is 0 Å². The number of thiazole rings is 1. The molecule has 0 N–H and O–H groups in total. The lowest BCUT2D eigenvalue weighted by Gasteiger charge is -2.20. The predicted octanol–water partition coefficient (Wildman–Crippen LogP) is 4.39. The van der Waals surface area contributed by atoms with Crippen LogP contribution in [-0.4, -0.2) is 27.2 Å². The molecule has 0 spiro atoms. The molecule has 0 saturated carbocycles. The van der Waals surface area contributed by atoms with Gasteiger partial charge in [-0.05, 0) is 42.7 Å². The number of carbonyl (C=O) groups is 1. The van der Waals surface area contributed by atoms with E-state index in [1.807, 2.05) is 47.3 Å². The lowest BCUT2D eigenvalue weighted by Crippen LogP contribution is -2.35. The highest BCUT2D eigenvalue weighted by molar-refractivity contribution is 7.22. The Kier molecular flexibility index (Phi) is 5.21. The van der Waals surface area contributed by atoms with Crippen LogP contribution >= 0.6 is 11.3 Å². The third kappa shape index (κ3) is 3.97. The number of aryl methyl sites for hydroxylation is 2. The normalized spacial score (nSPS) is 11.1. The molecule has 4 rings (SSSR count). The first-order valence-corrected chi connectivity index (χ1v) is 10.1. The van der Waals surface area contributed by atoms with Gasteiger partial charge in [0.05, 0.1) is 23.2 Å². The number of nitrogens with zero attached hydrogens (tertiary/aromatic N) is 4. The number of hydrogen-bond acceptors (Lipinski definition) is 4.